The molecule has 78 heavy (non-hydrogen) atoms. The number of carbonyl (C=O) groups excluding carboxylic acids is 2. The van der Waals surface area contributed by atoms with Crippen molar-refractivity contribution in [1.29, 1.82) is 0 Å². The minimum absolute atomic E-state index is 0.0338. The van der Waals surface area contributed by atoms with Gasteiger partial charge in [0.2, 0.25) is 5.91 Å². The molecule has 0 aromatic heterocycles. The van der Waals surface area contributed by atoms with E-state index in [-0.39, 0.29) is 18.9 Å². The van der Waals surface area contributed by atoms with Gasteiger partial charge in [-0.05, 0) is 96.0 Å². The fourth-order valence-electron chi connectivity index (χ4n) is 8.84. The van der Waals surface area contributed by atoms with E-state index < -0.39 is 32.5 Å². The number of nitrogens with one attached hydrogen (secondary N) is 1. The molecule has 0 fully saturated rings. The Bertz CT molecular complexity index is 1660. The van der Waals surface area contributed by atoms with E-state index in [1.165, 1.54) is 135 Å². The second-order valence-corrected chi connectivity index (χ2v) is 23.9. The molecule has 0 aliphatic heterocycles. The van der Waals surface area contributed by atoms with Crippen molar-refractivity contribution in [3.8, 4) is 0 Å². The number of phosphoric acid groups is 1. The van der Waals surface area contributed by atoms with E-state index in [1.54, 1.807) is 0 Å². The minimum atomic E-state index is -4.71. The predicted octanol–water partition coefficient (Wildman–Crippen LogP) is 19.3. The standard InChI is InChI=1S/C68H121N2O7P/c1-7-10-13-16-19-22-25-28-29-30-31-32-33-34-35-36-37-38-39-40-41-43-45-48-51-54-57-60-67(71)69-65(64-76-78(73,74)75-63-62-70(4,5)6)66(59-56-53-50-47-44-27-24-21-18-15-12-9-3)77-68(72)61-58-55-52-49-46-42-26-23-20-17-14-11-8-2/h10,13,19,22,28-29,31-32,34-35,42,46,52,55-56,59,65-66H,7-9,11-12,14-18,20-21,23-27,30,33,36-41,43-45,47-51,53-54,57-58,60-64H2,1-6H3,(H-,69,71,73,74)/b13-10-,22-19-,29-28-,32-31-,35-34-,46-42-,55-52+,59-56-. The van der Waals surface area contributed by atoms with Crippen molar-refractivity contribution in [1.82, 2.24) is 5.32 Å². The molecule has 0 rings (SSSR count). The van der Waals surface area contributed by atoms with Gasteiger partial charge in [-0.3, -0.25) is 14.2 Å². The molecule has 10 heteroatoms. The molecule has 0 aliphatic carbocycles. The van der Waals surface area contributed by atoms with Crippen molar-refractivity contribution in [2.45, 2.75) is 283 Å². The van der Waals surface area contributed by atoms with Crippen molar-refractivity contribution in [2.75, 3.05) is 40.9 Å². The highest BCUT2D eigenvalue weighted by atomic mass is 31.2. The number of esters is 1. The van der Waals surface area contributed by atoms with E-state index in [4.69, 9.17) is 13.8 Å². The van der Waals surface area contributed by atoms with Crippen LogP contribution in [0.15, 0.2) is 97.2 Å². The summed E-state index contributed by atoms with van der Waals surface area (Å²) in [5.74, 6) is -0.624. The van der Waals surface area contributed by atoms with Gasteiger partial charge in [0.15, 0.2) is 0 Å². The maximum atomic E-state index is 13.5. The van der Waals surface area contributed by atoms with Crippen LogP contribution in [0, 0.1) is 0 Å². The number of quaternary nitrogens is 1. The van der Waals surface area contributed by atoms with Gasteiger partial charge >= 0.3 is 5.97 Å². The zero-order valence-electron chi connectivity index (χ0n) is 51.3. The van der Waals surface area contributed by atoms with Crippen molar-refractivity contribution in [3.63, 3.8) is 0 Å². The third-order valence-corrected chi connectivity index (χ3v) is 14.7. The number of hydrogen-bond donors (Lipinski definition) is 1. The van der Waals surface area contributed by atoms with E-state index >= 15 is 0 Å². The Balaban J connectivity index is 5.12. The summed E-state index contributed by atoms with van der Waals surface area (Å²) in [5, 5.41) is 3.01. The van der Waals surface area contributed by atoms with Gasteiger partial charge in [0.1, 0.15) is 19.3 Å². The lowest BCUT2D eigenvalue weighted by atomic mass is 10.0. The molecule has 0 aromatic carbocycles. The molecule has 450 valence electrons. The fraction of sp³-hybridized carbons (Fsp3) is 0.735. The fourth-order valence-corrected chi connectivity index (χ4v) is 9.56. The van der Waals surface area contributed by atoms with Crippen LogP contribution in [-0.4, -0.2) is 69.4 Å². The van der Waals surface area contributed by atoms with Gasteiger partial charge in [-0.1, -0.05) is 260 Å². The summed E-state index contributed by atoms with van der Waals surface area (Å²) in [6, 6.07) is -0.917. The predicted molar refractivity (Wildman–Crippen MR) is 334 cm³/mol. The number of nitrogens with zero attached hydrogens (tertiary/aromatic N) is 1. The zero-order valence-corrected chi connectivity index (χ0v) is 52.2. The van der Waals surface area contributed by atoms with Crippen LogP contribution in [0.3, 0.4) is 0 Å². The third-order valence-electron chi connectivity index (χ3n) is 13.8. The lowest BCUT2D eigenvalue weighted by Gasteiger charge is -2.30. The van der Waals surface area contributed by atoms with Crippen molar-refractivity contribution >= 4 is 19.7 Å². The van der Waals surface area contributed by atoms with E-state index in [0.717, 1.165) is 96.3 Å². The Morgan fingerprint density at radius 2 is 0.833 bits per heavy atom. The first-order valence-corrected chi connectivity index (χ1v) is 33.5. The molecule has 0 saturated heterocycles. The van der Waals surface area contributed by atoms with Gasteiger partial charge in [-0.2, -0.15) is 0 Å². The molecule has 0 spiro atoms. The van der Waals surface area contributed by atoms with Crippen LogP contribution in [0.2, 0.25) is 0 Å². The van der Waals surface area contributed by atoms with Crippen LogP contribution in [0.25, 0.3) is 0 Å². The van der Waals surface area contributed by atoms with Gasteiger partial charge in [0, 0.05) is 12.8 Å². The molecule has 0 bridgehead atoms. The highest BCUT2D eigenvalue weighted by Crippen LogP contribution is 2.38. The van der Waals surface area contributed by atoms with Gasteiger partial charge in [-0.15, -0.1) is 0 Å². The Morgan fingerprint density at radius 1 is 0.462 bits per heavy atom. The molecule has 3 unspecified atom stereocenters. The number of unbranched alkanes of at least 4 members (excludes halogenated alkanes) is 27. The number of phosphoric ester groups is 1. The average Bonchev–Trinajstić information content (AvgIpc) is 3.40. The molecule has 1 amide bonds. The Kier molecular flexibility index (Phi) is 54.9. The molecular formula is C68H121N2O7P. The number of amides is 1. The number of likely N-dealkylation sites (N-methyl/N-ethyl adjacent to an activating group) is 1. The van der Waals surface area contributed by atoms with E-state index in [2.05, 4.69) is 105 Å². The van der Waals surface area contributed by atoms with Gasteiger partial charge < -0.3 is 28.5 Å². The summed E-state index contributed by atoms with van der Waals surface area (Å²) >= 11 is 0. The number of ether oxygens (including phenoxy) is 1. The topological polar surface area (TPSA) is 114 Å². The third kappa shape index (κ3) is 57.6. The summed E-state index contributed by atoms with van der Waals surface area (Å²) in [6.07, 6.45) is 76.8. The van der Waals surface area contributed by atoms with Gasteiger partial charge in [0.05, 0.1) is 33.8 Å². The molecule has 0 radical (unpaired) electrons. The lowest BCUT2D eigenvalue weighted by molar-refractivity contribution is -0.870. The molecule has 0 aliphatic rings. The molecule has 3 atom stereocenters. The number of rotatable bonds is 57. The Labute approximate surface area is 481 Å². The maximum Gasteiger partial charge on any atom is 0.306 e. The van der Waals surface area contributed by atoms with Crippen LogP contribution >= 0.6 is 7.82 Å². The number of carbonyl (C=O) groups is 2. The SMILES string of the molecule is CC/C=C\C/C=C\C/C=C\C/C=C\C/C=C\CCCCCCCCCCCCCC(=O)NC(COP(=O)([O-])OCC[N+](C)(C)C)C(/C=C\CCCCCCCCCCCC)OC(=O)CC/C=C/C/C=C\CCCCCCCC. The van der Waals surface area contributed by atoms with Crippen LogP contribution in [0.1, 0.15) is 271 Å². The zero-order chi connectivity index (χ0) is 57.2. The van der Waals surface area contributed by atoms with Crippen molar-refractivity contribution in [3.05, 3.63) is 97.2 Å². The molecule has 1 N–H and O–H groups in total. The van der Waals surface area contributed by atoms with E-state index in [1.807, 2.05) is 39.4 Å². The summed E-state index contributed by atoms with van der Waals surface area (Å²) in [5.41, 5.74) is 0. The van der Waals surface area contributed by atoms with Crippen LogP contribution in [-0.2, 0) is 27.9 Å². The molecule has 0 heterocycles. The van der Waals surface area contributed by atoms with Crippen molar-refractivity contribution in [2.24, 2.45) is 0 Å². The number of allylic oxidation sites excluding steroid dienone is 15. The van der Waals surface area contributed by atoms with E-state index in [0.29, 0.717) is 23.9 Å². The minimum Gasteiger partial charge on any atom is -0.756 e. The van der Waals surface area contributed by atoms with Gasteiger partial charge in [-0.25, -0.2) is 0 Å². The summed E-state index contributed by atoms with van der Waals surface area (Å²) in [6.45, 7) is 6.68. The number of hydrogen-bond acceptors (Lipinski definition) is 7. The second-order valence-electron chi connectivity index (χ2n) is 22.5. The first kappa shape index (κ1) is 74.9. The smallest absolute Gasteiger partial charge is 0.306 e. The van der Waals surface area contributed by atoms with Crippen LogP contribution < -0.4 is 10.2 Å². The average molecular weight is 1110 g/mol. The first-order valence-electron chi connectivity index (χ1n) is 32.0. The molecule has 0 aromatic rings. The second kappa shape index (κ2) is 57.2. The quantitative estimate of drug-likeness (QED) is 0.0212. The Hall–Kier alpha value is -3.07. The van der Waals surface area contributed by atoms with E-state index in [9.17, 15) is 19.0 Å². The van der Waals surface area contributed by atoms with Crippen molar-refractivity contribution < 1.29 is 37.3 Å². The summed E-state index contributed by atoms with van der Waals surface area (Å²) in [4.78, 5) is 39.9. The highest BCUT2D eigenvalue weighted by molar-refractivity contribution is 7.45. The van der Waals surface area contributed by atoms with Gasteiger partial charge in [0.25, 0.3) is 7.82 Å². The highest BCUT2D eigenvalue weighted by Gasteiger charge is 2.27. The summed E-state index contributed by atoms with van der Waals surface area (Å²) in [7, 11) is 1.15. The summed E-state index contributed by atoms with van der Waals surface area (Å²) < 4.78 is 30.2. The molecule has 0 saturated carbocycles. The normalized spacial score (nSPS) is 14.3. The Morgan fingerprint density at radius 3 is 1.26 bits per heavy atom. The first-order chi connectivity index (χ1) is 37.9. The van der Waals surface area contributed by atoms with Crippen LogP contribution in [0.5, 0.6) is 0 Å². The monoisotopic (exact) mass is 1110 g/mol. The largest absolute Gasteiger partial charge is 0.756 e. The molecular weight excluding hydrogens is 988 g/mol. The molecule has 9 nitrogen and oxygen atoms in total. The van der Waals surface area contributed by atoms with Crippen LogP contribution in [0.4, 0.5) is 0 Å². The lowest BCUT2D eigenvalue weighted by Crippen LogP contribution is -2.47. The maximum absolute atomic E-state index is 13.5.